The third-order valence-corrected chi connectivity index (χ3v) is 5.00. The molecule has 1 aliphatic rings. The van der Waals surface area contributed by atoms with Gasteiger partial charge in [0.05, 0.1) is 19.2 Å². The van der Waals surface area contributed by atoms with E-state index >= 15 is 0 Å². The lowest BCUT2D eigenvalue weighted by molar-refractivity contribution is 0.413. The third-order valence-electron chi connectivity index (χ3n) is 5.00. The molecule has 0 aliphatic carbocycles. The van der Waals surface area contributed by atoms with Crippen LogP contribution < -0.4 is 15.8 Å². The number of nitrogens with one attached hydrogen (secondary N) is 1. The molecule has 0 fully saturated rings. The van der Waals surface area contributed by atoms with Gasteiger partial charge in [-0.3, -0.25) is 0 Å². The molecule has 2 heterocycles. The maximum Gasteiger partial charge on any atom is 0.241 e. The van der Waals surface area contributed by atoms with E-state index in [4.69, 9.17) is 10.5 Å². The minimum Gasteiger partial charge on any atom is -0.497 e. The highest BCUT2D eigenvalue weighted by Gasteiger charge is 2.30. The molecule has 134 valence electrons. The fourth-order valence-electron chi connectivity index (χ4n) is 3.50. The van der Waals surface area contributed by atoms with Gasteiger partial charge < -0.3 is 15.8 Å². The molecule has 0 bridgehead atoms. The summed E-state index contributed by atoms with van der Waals surface area (Å²) in [5.41, 5.74) is 9.60. The van der Waals surface area contributed by atoms with E-state index in [1.165, 1.54) is 16.7 Å². The van der Waals surface area contributed by atoms with E-state index in [9.17, 15) is 0 Å². The zero-order valence-electron chi connectivity index (χ0n) is 15.0. The van der Waals surface area contributed by atoms with Crippen LogP contribution in [0.2, 0.25) is 0 Å². The van der Waals surface area contributed by atoms with E-state index in [2.05, 4.69) is 58.7 Å². The number of fused-ring (bicyclic) bond motifs is 1. The Morgan fingerprint density at radius 2 is 1.81 bits per heavy atom. The molecule has 0 saturated carbocycles. The number of hydrogen-bond donors (Lipinski definition) is 2. The Morgan fingerprint density at radius 3 is 2.46 bits per heavy atom. The topological polar surface area (TPSA) is 78.0 Å². The van der Waals surface area contributed by atoms with Gasteiger partial charge in [0, 0.05) is 0 Å². The Morgan fingerprint density at radius 1 is 1.12 bits per heavy atom. The average molecular weight is 349 g/mol. The summed E-state index contributed by atoms with van der Waals surface area (Å²) in [5, 5.41) is 7.87. The summed E-state index contributed by atoms with van der Waals surface area (Å²) in [6, 6.07) is 17.1. The Bertz CT molecular complexity index is 886. The van der Waals surface area contributed by atoms with E-state index in [0.29, 0.717) is 5.95 Å². The summed E-state index contributed by atoms with van der Waals surface area (Å²) in [7, 11) is 1.68. The lowest BCUT2D eigenvalue weighted by atomic mass is 9.93. The van der Waals surface area contributed by atoms with Crippen LogP contribution in [0, 0.1) is 0 Å². The minimum absolute atomic E-state index is 0.0917. The summed E-state index contributed by atoms with van der Waals surface area (Å²) in [4.78, 5) is 4.36. The van der Waals surface area contributed by atoms with Crippen molar-refractivity contribution in [2.75, 3.05) is 18.2 Å². The number of nitrogen functional groups attached to an aromatic ring is 1. The Balaban J connectivity index is 1.69. The van der Waals surface area contributed by atoms with Crippen molar-refractivity contribution in [3.05, 3.63) is 65.2 Å². The predicted octanol–water partition coefficient (Wildman–Crippen LogP) is 3.58. The fraction of sp³-hybridized carbons (Fsp3) is 0.300. The van der Waals surface area contributed by atoms with E-state index in [1.807, 2.05) is 16.8 Å². The Hall–Kier alpha value is -3.02. The van der Waals surface area contributed by atoms with Gasteiger partial charge in [0.15, 0.2) is 0 Å². The highest BCUT2D eigenvalue weighted by atomic mass is 16.5. The number of rotatable bonds is 4. The first-order valence-electron chi connectivity index (χ1n) is 8.89. The van der Waals surface area contributed by atoms with Gasteiger partial charge in [0.1, 0.15) is 5.75 Å². The van der Waals surface area contributed by atoms with Gasteiger partial charge in [0.25, 0.3) is 0 Å². The second-order valence-electron chi connectivity index (χ2n) is 6.55. The molecule has 6 heteroatoms. The molecule has 2 atom stereocenters. The van der Waals surface area contributed by atoms with E-state index in [1.54, 1.807) is 7.11 Å². The van der Waals surface area contributed by atoms with Crippen LogP contribution in [-0.4, -0.2) is 21.9 Å². The number of aryl methyl sites for hydroxylation is 1. The van der Waals surface area contributed by atoms with Crippen molar-refractivity contribution in [1.29, 1.82) is 0 Å². The van der Waals surface area contributed by atoms with Gasteiger partial charge in [0.2, 0.25) is 11.9 Å². The zero-order chi connectivity index (χ0) is 18.1. The first kappa shape index (κ1) is 16.4. The van der Waals surface area contributed by atoms with Crippen LogP contribution in [0.5, 0.6) is 5.75 Å². The van der Waals surface area contributed by atoms with Crippen LogP contribution in [0.1, 0.15) is 42.1 Å². The molecule has 0 unspecified atom stereocenters. The Kier molecular flexibility index (Phi) is 4.24. The molecule has 4 rings (SSSR count). The summed E-state index contributed by atoms with van der Waals surface area (Å²) in [5.74, 6) is 1.85. The van der Waals surface area contributed by atoms with Crippen LogP contribution in [0.3, 0.4) is 0 Å². The van der Waals surface area contributed by atoms with Gasteiger partial charge in [-0.25, -0.2) is 4.68 Å². The molecule has 6 nitrogen and oxygen atoms in total. The summed E-state index contributed by atoms with van der Waals surface area (Å²) < 4.78 is 7.16. The molecular weight excluding hydrogens is 326 g/mol. The van der Waals surface area contributed by atoms with E-state index in [-0.39, 0.29) is 18.0 Å². The van der Waals surface area contributed by atoms with Gasteiger partial charge >= 0.3 is 0 Å². The largest absolute Gasteiger partial charge is 0.497 e. The Labute approximate surface area is 153 Å². The normalized spacial score (nSPS) is 18.8. The van der Waals surface area contributed by atoms with E-state index < -0.39 is 0 Å². The zero-order valence-corrected chi connectivity index (χ0v) is 15.0. The molecule has 0 amide bonds. The number of methoxy groups -OCH3 is 1. The van der Waals surface area contributed by atoms with Crippen molar-refractivity contribution in [2.24, 2.45) is 0 Å². The summed E-state index contributed by atoms with van der Waals surface area (Å²) in [6.07, 6.45) is 1.90. The molecule has 0 radical (unpaired) electrons. The minimum atomic E-state index is 0.0917. The van der Waals surface area contributed by atoms with Gasteiger partial charge in [-0.15, -0.1) is 5.10 Å². The summed E-state index contributed by atoms with van der Waals surface area (Å²) >= 11 is 0. The lowest BCUT2D eigenvalue weighted by Gasteiger charge is -2.31. The number of ether oxygens (including phenoxy) is 1. The predicted molar refractivity (Wildman–Crippen MR) is 102 cm³/mol. The third kappa shape index (κ3) is 2.98. The van der Waals surface area contributed by atoms with Crippen molar-refractivity contribution in [2.45, 2.75) is 31.8 Å². The number of hydrogen-bond acceptors (Lipinski definition) is 5. The molecule has 1 aromatic heterocycles. The molecule has 2 aromatic carbocycles. The molecule has 3 aromatic rings. The highest BCUT2D eigenvalue weighted by Crippen LogP contribution is 2.38. The summed E-state index contributed by atoms with van der Waals surface area (Å²) in [6.45, 7) is 2.16. The van der Waals surface area contributed by atoms with Crippen LogP contribution in [0.4, 0.5) is 11.9 Å². The van der Waals surface area contributed by atoms with Crippen molar-refractivity contribution in [3.8, 4) is 5.75 Å². The number of nitrogens with zero attached hydrogens (tertiary/aromatic N) is 3. The van der Waals surface area contributed by atoms with Crippen molar-refractivity contribution in [1.82, 2.24) is 14.8 Å². The number of anilines is 2. The smallest absolute Gasteiger partial charge is 0.241 e. The van der Waals surface area contributed by atoms with Crippen LogP contribution >= 0.6 is 0 Å². The van der Waals surface area contributed by atoms with Crippen LogP contribution in [-0.2, 0) is 6.42 Å². The second kappa shape index (κ2) is 6.71. The average Bonchev–Trinajstić information content (AvgIpc) is 3.07. The van der Waals surface area contributed by atoms with Crippen LogP contribution in [0.15, 0.2) is 48.5 Å². The van der Waals surface area contributed by atoms with Crippen molar-refractivity contribution in [3.63, 3.8) is 0 Å². The first-order valence-corrected chi connectivity index (χ1v) is 8.89. The molecule has 3 N–H and O–H groups in total. The number of nitrogens with two attached hydrogens (primary N) is 1. The quantitative estimate of drug-likeness (QED) is 0.753. The fourth-order valence-corrected chi connectivity index (χ4v) is 3.50. The lowest BCUT2D eigenvalue weighted by Crippen LogP contribution is -2.28. The number of aromatic nitrogens is 3. The maximum absolute atomic E-state index is 5.87. The molecule has 1 aliphatic heterocycles. The molecule has 0 saturated heterocycles. The number of benzene rings is 2. The molecule has 26 heavy (non-hydrogen) atoms. The molecular formula is C20H23N5O. The standard InChI is InChI=1S/C20H23N5O/c1-3-13-4-6-15(7-5-13)18-12-17(14-8-10-16(26-2)11-9-14)22-20-23-19(21)24-25(18)20/h4-11,17-18H,3,12H2,1-2H3,(H3,21,22,23,24)/t17-,18-/m0/s1. The van der Waals surface area contributed by atoms with Crippen LogP contribution in [0.25, 0.3) is 0 Å². The molecule has 0 spiro atoms. The van der Waals surface area contributed by atoms with Gasteiger partial charge in [-0.1, -0.05) is 43.3 Å². The highest BCUT2D eigenvalue weighted by molar-refractivity contribution is 5.42. The van der Waals surface area contributed by atoms with E-state index in [0.717, 1.165) is 18.6 Å². The monoisotopic (exact) mass is 349 g/mol. The maximum atomic E-state index is 5.87. The first-order chi connectivity index (χ1) is 12.7. The second-order valence-corrected chi connectivity index (χ2v) is 6.55. The van der Waals surface area contributed by atoms with Gasteiger partial charge in [-0.2, -0.15) is 4.98 Å². The van der Waals surface area contributed by atoms with Crippen molar-refractivity contribution >= 4 is 11.9 Å². The van der Waals surface area contributed by atoms with Gasteiger partial charge in [-0.05, 0) is 41.7 Å². The van der Waals surface area contributed by atoms with Crippen molar-refractivity contribution < 1.29 is 4.74 Å². The SMILES string of the molecule is CCc1ccc([C@@H]2C[C@@H](c3ccc(OC)cc3)Nc3nc(N)nn32)cc1.